The number of nitrogens with one attached hydrogen (secondary N) is 1. The van der Waals surface area contributed by atoms with E-state index in [1.165, 1.54) is 0 Å². The van der Waals surface area contributed by atoms with Gasteiger partial charge < -0.3 is 10.2 Å². The second-order valence-electron chi connectivity index (χ2n) is 3.36. The van der Waals surface area contributed by atoms with Crippen molar-refractivity contribution in [3.05, 3.63) is 18.2 Å². The monoisotopic (exact) mass is 213 g/mol. The summed E-state index contributed by atoms with van der Waals surface area (Å²) in [5.41, 5.74) is 3.15. The molecular formula is C10H16ClN3. The van der Waals surface area contributed by atoms with Crippen LogP contribution in [0.5, 0.6) is 0 Å². The molecule has 0 unspecified atom stereocenters. The molecule has 0 aliphatic heterocycles. The van der Waals surface area contributed by atoms with Crippen LogP contribution in [0.25, 0.3) is 0 Å². The third-order valence-electron chi connectivity index (χ3n) is 2.06. The number of rotatable bonds is 3. The Morgan fingerprint density at radius 1 is 1.07 bits per heavy atom. The molecule has 1 rings (SSSR count). The van der Waals surface area contributed by atoms with Crippen molar-refractivity contribution in [2.45, 2.75) is 0 Å². The molecule has 0 radical (unpaired) electrons. The largest absolute Gasteiger partial charge is 0.388 e. The molecule has 0 amide bonds. The molecule has 1 aromatic rings. The van der Waals surface area contributed by atoms with Gasteiger partial charge >= 0.3 is 0 Å². The fraction of sp³-hybridized carbons (Fsp3) is 0.400. The van der Waals surface area contributed by atoms with Crippen molar-refractivity contribution in [2.75, 3.05) is 42.8 Å². The lowest BCUT2D eigenvalue weighted by atomic mass is 10.2. The van der Waals surface area contributed by atoms with Crippen LogP contribution < -0.4 is 14.6 Å². The van der Waals surface area contributed by atoms with Gasteiger partial charge in [0.1, 0.15) is 0 Å². The molecule has 14 heavy (non-hydrogen) atoms. The minimum Gasteiger partial charge on any atom is -0.388 e. The zero-order valence-corrected chi connectivity index (χ0v) is 9.76. The smallest absolute Gasteiger partial charge is 0.0560 e. The maximum Gasteiger partial charge on any atom is 0.0560 e. The maximum atomic E-state index is 5.90. The van der Waals surface area contributed by atoms with Crippen LogP contribution in [0.1, 0.15) is 0 Å². The molecule has 0 saturated heterocycles. The lowest BCUT2D eigenvalue weighted by Crippen LogP contribution is -2.10. The van der Waals surface area contributed by atoms with Crippen LogP contribution in [0.2, 0.25) is 0 Å². The van der Waals surface area contributed by atoms with E-state index in [2.05, 4.69) is 11.4 Å². The second-order valence-corrected chi connectivity index (χ2v) is 3.87. The molecule has 0 heterocycles. The van der Waals surface area contributed by atoms with Gasteiger partial charge in [0.25, 0.3) is 0 Å². The molecule has 0 saturated carbocycles. The summed E-state index contributed by atoms with van der Waals surface area (Å²) in [5.74, 6) is 0. The van der Waals surface area contributed by atoms with Gasteiger partial charge in [-0.2, -0.15) is 0 Å². The Morgan fingerprint density at radius 3 is 2.07 bits per heavy atom. The topological polar surface area (TPSA) is 18.5 Å². The third-order valence-corrected chi connectivity index (χ3v) is 2.26. The van der Waals surface area contributed by atoms with Crippen LogP contribution >= 0.6 is 11.8 Å². The Balaban J connectivity index is 3.13. The van der Waals surface area contributed by atoms with E-state index in [1.54, 1.807) is 4.42 Å². The summed E-state index contributed by atoms with van der Waals surface area (Å²) in [6.45, 7) is 0. The average Bonchev–Trinajstić information content (AvgIpc) is 2.16. The fourth-order valence-corrected chi connectivity index (χ4v) is 1.27. The van der Waals surface area contributed by atoms with Gasteiger partial charge in [0, 0.05) is 51.3 Å². The first-order valence-corrected chi connectivity index (χ1v) is 4.78. The SMILES string of the molecule is CNc1cc(N(C)C)cc(N(C)Cl)c1. The number of nitrogens with zero attached hydrogens (tertiary/aromatic N) is 2. The number of hydrogen-bond acceptors (Lipinski definition) is 3. The highest BCUT2D eigenvalue weighted by molar-refractivity contribution is 6.25. The zero-order chi connectivity index (χ0) is 10.7. The number of benzene rings is 1. The highest BCUT2D eigenvalue weighted by atomic mass is 35.5. The molecule has 0 spiro atoms. The van der Waals surface area contributed by atoms with Crippen molar-refractivity contribution in [3.8, 4) is 0 Å². The number of halogens is 1. The lowest BCUT2D eigenvalue weighted by Gasteiger charge is -2.18. The molecule has 0 aliphatic rings. The molecule has 0 fully saturated rings. The summed E-state index contributed by atoms with van der Waals surface area (Å²) >= 11 is 5.90. The van der Waals surface area contributed by atoms with Gasteiger partial charge in [-0.1, -0.05) is 0 Å². The van der Waals surface area contributed by atoms with Gasteiger partial charge in [-0.05, 0) is 18.2 Å². The molecule has 0 aliphatic carbocycles. The fourth-order valence-electron chi connectivity index (χ4n) is 1.18. The zero-order valence-electron chi connectivity index (χ0n) is 9.00. The molecule has 4 heteroatoms. The average molecular weight is 214 g/mol. The van der Waals surface area contributed by atoms with E-state index >= 15 is 0 Å². The standard InChI is InChI=1S/C10H16ClN3/c1-12-8-5-9(13(2)3)7-10(6-8)14(4)11/h5-7,12H,1-4H3. The van der Waals surface area contributed by atoms with Gasteiger partial charge in [-0.3, -0.25) is 4.42 Å². The van der Waals surface area contributed by atoms with Gasteiger partial charge in [0.2, 0.25) is 0 Å². The highest BCUT2D eigenvalue weighted by Crippen LogP contribution is 2.26. The number of hydrogen-bond donors (Lipinski definition) is 1. The van der Waals surface area contributed by atoms with Crippen LogP contribution in [0.4, 0.5) is 17.1 Å². The normalized spacial score (nSPS) is 9.79. The molecule has 0 bridgehead atoms. The molecular weight excluding hydrogens is 198 g/mol. The minimum atomic E-state index is 0.974. The molecule has 78 valence electrons. The highest BCUT2D eigenvalue weighted by Gasteiger charge is 2.03. The van der Waals surface area contributed by atoms with Crippen LogP contribution in [0.3, 0.4) is 0 Å². The van der Waals surface area contributed by atoms with E-state index in [1.807, 2.05) is 45.2 Å². The molecule has 0 atom stereocenters. The van der Waals surface area contributed by atoms with E-state index < -0.39 is 0 Å². The number of anilines is 3. The second kappa shape index (κ2) is 4.42. The summed E-state index contributed by atoms with van der Waals surface area (Å²) in [6.07, 6.45) is 0. The summed E-state index contributed by atoms with van der Waals surface area (Å²) in [4.78, 5) is 2.05. The van der Waals surface area contributed by atoms with E-state index in [-0.39, 0.29) is 0 Å². The van der Waals surface area contributed by atoms with Crippen LogP contribution in [-0.2, 0) is 0 Å². The van der Waals surface area contributed by atoms with E-state index in [0.717, 1.165) is 17.1 Å². The van der Waals surface area contributed by atoms with Crippen LogP contribution in [0.15, 0.2) is 18.2 Å². The molecule has 0 aromatic heterocycles. The Kier molecular flexibility index (Phi) is 3.47. The molecule has 1 N–H and O–H groups in total. The van der Waals surface area contributed by atoms with Gasteiger partial charge in [0.15, 0.2) is 0 Å². The summed E-state index contributed by atoms with van der Waals surface area (Å²) < 4.78 is 1.58. The van der Waals surface area contributed by atoms with Crippen molar-refractivity contribution in [1.82, 2.24) is 0 Å². The van der Waals surface area contributed by atoms with Crippen LogP contribution in [0, 0.1) is 0 Å². The Labute approximate surface area is 90.4 Å². The van der Waals surface area contributed by atoms with Crippen LogP contribution in [-0.4, -0.2) is 28.2 Å². The Morgan fingerprint density at radius 2 is 1.64 bits per heavy atom. The van der Waals surface area contributed by atoms with Gasteiger partial charge in [0.05, 0.1) is 5.69 Å². The van der Waals surface area contributed by atoms with E-state index in [9.17, 15) is 0 Å². The Bertz CT molecular complexity index is 284. The van der Waals surface area contributed by atoms with Crippen molar-refractivity contribution < 1.29 is 0 Å². The third kappa shape index (κ3) is 2.45. The van der Waals surface area contributed by atoms with Gasteiger partial charge in [-0.25, -0.2) is 0 Å². The predicted octanol–water partition coefficient (Wildman–Crippen LogP) is 2.38. The summed E-state index contributed by atoms with van der Waals surface area (Å²) in [7, 11) is 7.72. The first kappa shape index (κ1) is 11.0. The van der Waals surface area contributed by atoms with Crippen molar-refractivity contribution in [2.24, 2.45) is 0 Å². The minimum absolute atomic E-state index is 0.974. The quantitative estimate of drug-likeness (QED) is 0.778. The van der Waals surface area contributed by atoms with E-state index in [0.29, 0.717) is 0 Å². The first-order valence-electron chi connectivity index (χ1n) is 4.44. The maximum absolute atomic E-state index is 5.90. The first-order chi connectivity index (χ1) is 6.54. The van der Waals surface area contributed by atoms with Crippen molar-refractivity contribution >= 4 is 28.8 Å². The van der Waals surface area contributed by atoms with Crippen molar-refractivity contribution in [3.63, 3.8) is 0 Å². The van der Waals surface area contributed by atoms with E-state index in [4.69, 9.17) is 11.8 Å². The molecule has 3 nitrogen and oxygen atoms in total. The van der Waals surface area contributed by atoms with Gasteiger partial charge in [-0.15, -0.1) is 0 Å². The Hall–Kier alpha value is -1.09. The van der Waals surface area contributed by atoms with Crippen molar-refractivity contribution in [1.29, 1.82) is 0 Å². The molecule has 1 aromatic carbocycles. The lowest BCUT2D eigenvalue weighted by molar-refractivity contribution is 1.13. The predicted molar refractivity (Wildman–Crippen MR) is 64.6 cm³/mol. The summed E-state index contributed by atoms with van der Waals surface area (Å²) in [5, 5.41) is 3.11. The summed E-state index contributed by atoms with van der Waals surface area (Å²) in [6, 6.07) is 6.11.